The zero-order valence-electron chi connectivity index (χ0n) is 14.1. The van der Waals surface area contributed by atoms with Crippen LogP contribution in [0.1, 0.15) is 16.8 Å². The molecule has 0 unspecified atom stereocenters. The van der Waals surface area contributed by atoms with Crippen molar-refractivity contribution in [2.75, 3.05) is 46.8 Å². The summed E-state index contributed by atoms with van der Waals surface area (Å²) in [6.07, 6.45) is 5.99. The largest absolute Gasteiger partial charge is 0.336 e. The van der Waals surface area contributed by atoms with E-state index in [4.69, 9.17) is 6.42 Å². The van der Waals surface area contributed by atoms with Crippen molar-refractivity contribution in [1.82, 2.24) is 14.1 Å². The van der Waals surface area contributed by atoms with E-state index in [0.29, 0.717) is 18.7 Å². The maximum atomic E-state index is 12.5. The molecule has 0 radical (unpaired) electrons. The molecule has 1 aliphatic rings. The Morgan fingerprint density at radius 1 is 1.17 bits per heavy atom. The number of carbonyl (C=O) groups is 1. The maximum Gasteiger partial charge on any atom is 0.253 e. The third kappa shape index (κ3) is 4.15. The van der Waals surface area contributed by atoms with Crippen LogP contribution < -0.4 is 0 Å². The molecule has 1 saturated heterocycles. The van der Waals surface area contributed by atoms with Crippen molar-refractivity contribution in [3.8, 4) is 12.3 Å². The third-order valence-corrected chi connectivity index (χ3v) is 5.94. The van der Waals surface area contributed by atoms with Gasteiger partial charge in [0.15, 0.2) is 0 Å². The van der Waals surface area contributed by atoms with Crippen LogP contribution in [0.15, 0.2) is 29.2 Å². The van der Waals surface area contributed by atoms with Crippen molar-refractivity contribution < 1.29 is 13.2 Å². The summed E-state index contributed by atoms with van der Waals surface area (Å²) in [4.78, 5) is 16.8. The molecule has 130 valence electrons. The first-order valence-corrected chi connectivity index (χ1v) is 9.28. The Morgan fingerprint density at radius 3 is 2.25 bits per heavy atom. The van der Waals surface area contributed by atoms with Crippen LogP contribution in [0.5, 0.6) is 0 Å². The summed E-state index contributed by atoms with van der Waals surface area (Å²) in [5.41, 5.74) is 0.504. The molecular weight excluding hydrogens is 326 g/mol. The number of nitrogens with zero attached hydrogens (tertiary/aromatic N) is 3. The monoisotopic (exact) mass is 349 g/mol. The van der Waals surface area contributed by atoms with Crippen molar-refractivity contribution in [2.45, 2.75) is 11.3 Å². The second-order valence-corrected chi connectivity index (χ2v) is 8.05. The second-order valence-electron chi connectivity index (χ2n) is 5.90. The predicted molar refractivity (Wildman–Crippen MR) is 93.1 cm³/mol. The molecule has 0 aromatic heterocycles. The highest BCUT2D eigenvalue weighted by Gasteiger charge is 2.23. The van der Waals surface area contributed by atoms with Crippen molar-refractivity contribution in [2.24, 2.45) is 0 Å². The summed E-state index contributed by atoms with van der Waals surface area (Å²) in [6.45, 7) is 3.78. The number of carbonyl (C=O) groups excluding carboxylic acids is 1. The van der Waals surface area contributed by atoms with E-state index in [0.717, 1.165) is 30.4 Å². The van der Waals surface area contributed by atoms with E-state index in [1.54, 1.807) is 17.0 Å². The van der Waals surface area contributed by atoms with E-state index in [1.165, 1.54) is 26.2 Å². The number of terminal acetylenes is 1. The van der Waals surface area contributed by atoms with Crippen LogP contribution >= 0.6 is 0 Å². The highest BCUT2D eigenvalue weighted by atomic mass is 32.2. The first kappa shape index (κ1) is 18.5. The third-order valence-electron chi connectivity index (χ3n) is 4.11. The molecule has 2 rings (SSSR count). The van der Waals surface area contributed by atoms with Gasteiger partial charge in [-0.05, 0) is 24.3 Å². The Bertz CT molecular complexity index is 712. The minimum atomic E-state index is -3.47. The summed E-state index contributed by atoms with van der Waals surface area (Å²) >= 11 is 0. The minimum absolute atomic E-state index is 0.0691. The van der Waals surface area contributed by atoms with Gasteiger partial charge in [0.25, 0.3) is 5.91 Å². The van der Waals surface area contributed by atoms with Crippen LogP contribution in [0.3, 0.4) is 0 Å². The van der Waals surface area contributed by atoms with E-state index in [-0.39, 0.29) is 10.8 Å². The molecule has 1 fully saturated rings. The molecule has 7 heteroatoms. The van der Waals surface area contributed by atoms with Gasteiger partial charge >= 0.3 is 0 Å². The van der Waals surface area contributed by atoms with Crippen molar-refractivity contribution in [3.63, 3.8) is 0 Å². The van der Waals surface area contributed by atoms with Crippen LogP contribution in [-0.2, 0) is 10.0 Å². The smallest absolute Gasteiger partial charge is 0.253 e. The number of hydrogen-bond acceptors (Lipinski definition) is 4. The Labute approximate surface area is 144 Å². The molecule has 1 aromatic carbocycles. The quantitative estimate of drug-likeness (QED) is 0.735. The highest BCUT2D eigenvalue weighted by molar-refractivity contribution is 7.89. The number of benzene rings is 1. The van der Waals surface area contributed by atoms with Crippen molar-refractivity contribution >= 4 is 15.9 Å². The maximum absolute atomic E-state index is 12.5. The number of amides is 1. The average Bonchev–Trinajstić information content (AvgIpc) is 2.59. The van der Waals surface area contributed by atoms with Gasteiger partial charge in [0.1, 0.15) is 0 Å². The molecule has 0 atom stereocenters. The van der Waals surface area contributed by atoms with Crippen LogP contribution in [0.2, 0.25) is 0 Å². The Morgan fingerprint density at radius 2 is 1.75 bits per heavy atom. The fraction of sp³-hybridized carbons (Fsp3) is 0.471. The zero-order valence-corrected chi connectivity index (χ0v) is 14.9. The van der Waals surface area contributed by atoms with Gasteiger partial charge in [-0.3, -0.25) is 9.69 Å². The normalized spacial score (nSPS) is 16.2. The van der Waals surface area contributed by atoms with Gasteiger partial charge in [0.2, 0.25) is 10.0 Å². The number of rotatable bonds is 5. The summed E-state index contributed by atoms with van der Waals surface area (Å²) in [6, 6.07) is 6.10. The number of hydrogen-bond donors (Lipinski definition) is 0. The lowest BCUT2D eigenvalue weighted by Gasteiger charge is -2.34. The minimum Gasteiger partial charge on any atom is -0.336 e. The molecule has 0 saturated carbocycles. The van der Waals surface area contributed by atoms with Gasteiger partial charge in [0, 0.05) is 58.8 Å². The molecule has 0 spiro atoms. The molecule has 24 heavy (non-hydrogen) atoms. The van der Waals surface area contributed by atoms with Gasteiger partial charge in [-0.25, -0.2) is 12.7 Å². The molecule has 1 heterocycles. The molecule has 1 aliphatic heterocycles. The molecule has 0 aliphatic carbocycles. The van der Waals surface area contributed by atoms with Crippen molar-refractivity contribution in [1.29, 1.82) is 0 Å². The molecule has 0 N–H and O–H groups in total. The summed E-state index contributed by atoms with van der Waals surface area (Å²) in [5, 5.41) is 0. The fourth-order valence-electron chi connectivity index (χ4n) is 2.56. The van der Waals surface area contributed by atoms with E-state index >= 15 is 0 Å². The van der Waals surface area contributed by atoms with Crippen LogP contribution in [0.25, 0.3) is 0 Å². The van der Waals surface area contributed by atoms with Crippen LogP contribution in [0, 0.1) is 12.3 Å². The summed E-state index contributed by atoms with van der Waals surface area (Å²) in [5.74, 6) is 2.56. The lowest BCUT2D eigenvalue weighted by atomic mass is 10.2. The van der Waals surface area contributed by atoms with Crippen LogP contribution in [-0.4, -0.2) is 75.2 Å². The summed E-state index contributed by atoms with van der Waals surface area (Å²) in [7, 11) is -0.514. The van der Waals surface area contributed by atoms with Crippen molar-refractivity contribution in [3.05, 3.63) is 29.8 Å². The SMILES string of the molecule is C#CCCN1CCN(C(=O)c2ccc(S(=O)(=O)N(C)C)cc2)CC1. The first-order valence-electron chi connectivity index (χ1n) is 7.84. The lowest BCUT2D eigenvalue weighted by molar-refractivity contribution is 0.0640. The first-order chi connectivity index (χ1) is 11.4. The number of piperazine rings is 1. The van der Waals surface area contributed by atoms with E-state index in [1.807, 2.05) is 0 Å². The lowest BCUT2D eigenvalue weighted by Crippen LogP contribution is -2.48. The van der Waals surface area contributed by atoms with Gasteiger partial charge in [-0.2, -0.15) is 0 Å². The molecule has 1 aromatic rings. The Kier molecular flexibility index (Phi) is 5.99. The second kappa shape index (κ2) is 7.79. The Hall–Kier alpha value is -1.88. The number of sulfonamides is 1. The molecule has 6 nitrogen and oxygen atoms in total. The molecule has 0 bridgehead atoms. The highest BCUT2D eigenvalue weighted by Crippen LogP contribution is 2.16. The van der Waals surface area contributed by atoms with Gasteiger partial charge < -0.3 is 4.90 Å². The average molecular weight is 349 g/mol. The zero-order chi connectivity index (χ0) is 17.7. The summed E-state index contributed by atoms with van der Waals surface area (Å²) < 4.78 is 25.2. The topological polar surface area (TPSA) is 60.9 Å². The predicted octanol–water partition coefficient (Wildman–Crippen LogP) is 0.718. The van der Waals surface area contributed by atoms with Gasteiger partial charge in [0.05, 0.1) is 4.90 Å². The van der Waals surface area contributed by atoms with E-state index in [9.17, 15) is 13.2 Å². The standard InChI is InChI=1S/C17H23N3O3S/c1-4-5-10-19-11-13-20(14-12-19)17(21)15-6-8-16(9-7-15)24(22,23)18(2)3/h1,6-9H,5,10-14H2,2-3H3. The van der Waals surface area contributed by atoms with Crippen LogP contribution in [0.4, 0.5) is 0 Å². The fourth-order valence-corrected chi connectivity index (χ4v) is 3.46. The molecule has 1 amide bonds. The Balaban J connectivity index is 2.00. The van der Waals surface area contributed by atoms with Gasteiger partial charge in [-0.15, -0.1) is 12.3 Å². The van der Waals surface area contributed by atoms with E-state index < -0.39 is 10.0 Å². The van der Waals surface area contributed by atoms with Gasteiger partial charge in [-0.1, -0.05) is 0 Å². The molecular formula is C17H23N3O3S. The van der Waals surface area contributed by atoms with E-state index in [2.05, 4.69) is 10.8 Å².